The van der Waals surface area contributed by atoms with Crippen molar-refractivity contribution in [1.29, 1.82) is 0 Å². The van der Waals surface area contributed by atoms with Gasteiger partial charge in [-0.25, -0.2) is 4.79 Å². The van der Waals surface area contributed by atoms with Crippen molar-refractivity contribution in [3.05, 3.63) is 52.7 Å². The van der Waals surface area contributed by atoms with E-state index in [0.717, 1.165) is 0 Å². The van der Waals surface area contributed by atoms with Crippen LogP contribution in [0.5, 0.6) is 17.2 Å². The lowest BCUT2D eigenvalue weighted by Crippen LogP contribution is -2.49. The lowest BCUT2D eigenvalue weighted by atomic mass is 10.0. The van der Waals surface area contributed by atoms with Crippen LogP contribution in [0.1, 0.15) is 39.3 Å². The maximum Gasteiger partial charge on any atom is 0.410 e. The van der Waals surface area contributed by atoms with Gasteiger partial charge < -0.3 is 28.4 Å². The van der Waals surface area contributed by atoms with Crippen LogP contribution < -0.4 is 19.8 Å². The Morgan fingerprint density at radius 1 is 1.07 bits per heavy atom. The molecule has 3 aromatic rings. The van der Waals surface area contributed by atoms with Gasteiger partial charge in [0.15, 0.2) is 11.5 Å². The van der Waals surface area contributed by atoms with Gasteiger partial charge in [0.05, 0.1) is 35.7 Å². The highest BCUT2D eigenvalue weighted by Gasteiger charge is 2.32. The summed E-state index contributed by atoms with van der Waals surface area (Å²) >= 11 is 0. The third-order valence-corrected chi connectivity index (χ3v) is 7.12. The number of hydrogen-bond donors (Lipinski definition) is 0. The van der Waals surface area contributed by atoms with Crippen LogP contribution in [0.4, 0.5) is 13.6 Å². The van der Waals surface area contributed by atoms with Crippen molar-refractivity contribution in [2.75, 3.05) is 32.8 Å². The summed E-state index contributed by atoms with van der Waals surface area (Å²) < 4.78 is 48.5. The lowest BCUT2D eigenvalue weighted by molar-refractivity contribution is -0.0500. The monoisotopic (exact) mass is 587 g/mol. The molecule has 5 heterocycles. The molecule has 0 atom stereocenters. The van der Waals surface area contributed by atoms with Crippen molar-refractivity contribution < 1.29 is 32.5 Å². The van der Waals surface area contributed by atoms with Gasteiger partial charge in [0, 0.05) is 50.4 Å². The van der Waals surface area contributed by atoms with E-state index >= 15 is 0 Å². The standard InChI is InChI=1S/C29H35F2N5O6/c1-29(2,3)42-28(38)36(18-19-14-24-25(17-32-19)40-13-12-39-24)20-6-8-34(9-7-20)10-11-35-23-15-21(41-27(30)31)16-33-22(23)4-5-26(35)37/h4-5,14-17,20,27H,6-13,18H2,1-3H3. The first-order chi connectivity index (χ1) is 20.1. The van der Waals surface area contributed by atoms with E-state index in [1.165, 1.54) is 22.9 Å². The van der Waals surface area contributed by atoms with Crippen molar-refractivity contribution in [3.8, 4) is 17.2 Å². The van der Waals surface area contributed by atoms with Gasteiger partial charge in [-0.15, -0.1) is 0 Å². The molecule has 3 aromatic heterocycles. The summed E-state index contributed by atoms with van der Waals surface area (Å²) in [5.74, 6) is 1.09. The Kier molecular flexibility index (Phi) is 8.76. The molecule has 2 aliphatic rings. The van der Waals surface area contributed by atoms with Gasteiger partial charge >= 0.3 is 12.7 Å². The highest BCUT2D eigenvalue weighted by Crippen LogP contribution is 2.31. The molecule has 1 saturated heterocycles. The van der Waals surface area contributed by atoms with Crippen LogP contribution in [0.15, 0.2) is 41.5 Å². The predicted molar refractivity (Wildman–Crippen MR) is 149 cm³/mol. The number of halogens is 2. The molecule has 2 aliphatic heterocycles. The van der Waals surface area contributed by atoms with Crippen molar-refractivity contribution in [3.63, 3.8) is 0 Å². The number of rotatable bonds is 8. The van der Waals surface area contributed by atoms with Crippen LogP contribution in [0.2, 0.25) is 0 Å². The quantitative estimate of drug-likeness (QED) is 0.386. The van der Waals surface area contributed by atoms with E-state index in [9.17, 15) is 18.4 Å². The maximum atomic E-state index is 13.3. The minimum Gasteiger partial charge on any atom is -0.486 e. The number of fused-ring (bicyclic) bond motifs is 2. The highest BCUT2D eigenvalue weighted by molar-refractivity contribution is 5.75. The number of aromatic nitrogens is 3. The van der Waals surface area contributed by atoms with Crippen LogP contribution in [-0.2, 0) is 17.8 Å². The molecule has 0 spiro atoms. The molecule has 11 nitrogen and oxygen atoms in total. The van der Waals surface area contributed by atoms with Crippen molar-refractivity contribution in [2.45, 2.75) is 65.0 Å². The van der Waals surface area contributed by atoms with Crippen molar-refractivity contribution >= 4 is 17.1 Å². The predicted octanol–water partition coefficient (Wildman–Crippen LogP) is 4.07. The first-order valence-corrected chi connectivity index (χ1v) is 14.0. The number of pyridine rings is 3. The van der Waals surface area contributed by atoms with Crippen molar-refractivity contribution in [1.82, 2.24) is 24.3 Å². The summed E-state index contributed by atoms with van der Waals surface area (Å²) in [5, 5.41) is 0. The van der Waals surface area contributed by atoms with E-state index in [2.05, 4.69) is 19.6 Å². The fourth-order valence-corrected chi connectivity index (χ4v) is 5.16. The van der Waals surface area contributed by atoms with Gasteiger partial charge in [-0.3, -0.25) is 19.7 Å². The summed E-state index contributed by atoms with van der Waals surface area (Å²) in [5.41, 5.74) is 0.703. The molecule has 1 fully saturated rings. The average Bonchev–Trinajstić information content (AvgIpc) is 2.94. The number of amides is 1. The topological polar surface area (TPSA) is 108 Å². The van der Waals surface area contributed by atoms with Gasteiger partial charge in [0.1, 0.15) is 24.6 Å². The van der Waals surface area contributed by atoms with E-state index in [0.29, 0.717) is 80.5 Å². The fourth-order valence-electron chi connectivity index (χ4n) is 5.16. The Hall–Kier alpha value is -4.00. The van der Waals surface area contributed by atoms with Crippen LogP contribution in [0, 0.1) is 0 Å². The number of piperidine rings is 1. The number of hydrogen-bond acceptors (Lipinski definition) is 9. The molecule has 5 rings (SSSR count). The largest absolute Gasteiger partial charge is 0.486 e. The SMILES string of the molecule is CC(C)(C)OC(=O)N(Cc1cc2c(cn1)OCCO2)C1CCN(CCn2c(=O)ccc3ncc(OC(F)F)cc32)CC1. The lowest BCUT2D eigenvalue weighted by Gasteiger charge is -2.39. The fraction of sp³-hybridized carbons (Fsp3) is 0.517. The number of carbonyl (C=O) groups is 1. The molecule has 13 heteroatoms. The minimum absolute atomic E-state index is 0.0790. The molecule has 0 saturated carbocycles. The molecule has 0 N–H and O–H groups in total. The third kappa shape index (κ3) is 7.25. The zero-order valence-corrected chi connectivity index (χ0v) is 23.9. The number of nitrogens with zero attached hydrogens (tertiary/aromatic N) is 5. The molecule has 0 radical (unpaired) electrons. The molecule has 1 amide bonds. The summed E-state index contributed by atoms with van der Waals surface area (Å²) in [7, 11) is 0. The average molecular weight is 588 g/mol. The number of alkyl halides is 2. The van der Waals surface area contributed by atoms with Crippen LogP contribution in [-0.4, -0.2) is 81.5 Å². The Morgan fingerprint density at radius 3 is 2.52 bits per heavy atom. The molecular formula is C29H35F2N5O6. The molecular weight excluding hydrogens is 552 g/mol. The van der Waals surface area contributed by atoms with E-state index in [1.807, 2.05) is 20.8 Å². The van der Waals surface area contributed by atoms with E-state index in [4.69, 9.17) is 14.2 Å². The van der Waals surface area contributed by atoms with Crippen LogP contribution in [0.3, 0.4) is 0 Å². The minimum atomic E-state index is -2.99. The van der Waals surface area contributed by atoms with Gasteiger partial charge in [0.25, 0.3) is 5.56 Å². The Balaban J connectivity index is 1.26. The zero-order valence-electron chi connectivity index (χ0n) is 23.9. The highest BCUT2D eigenvalue weighted by atomic mass is 19.3. The van der Waals surface area contributed by atoms with Crippen LogP contribution in [0.25, 0.3) is 11.0 Å². The van der Waals surface area contributed by atoms with Gasteiger partial charge in [-0.1, -0.05) is 0 Å². The smallest absolute Gasteiger partial charge is 0.410 e. The third-order valence-electron chi connectivity index (χ3n) is 7.12. The maximum absolute atomic E-state index is 13.3. The van der Waals surface area contributed by atoms with Crippen LogP contribution >= 0.6 is 0 Å². The molecule has 0 aliphatic carbocycles. The summed E-state index contributed by atoms with van der Waals surface area (Å²) in [6.07, 6.45) is 3.82. The number of carbonyl (C=O) groups excluding carboxylic acids is 1. The second kappa shape index (κ2) is 12.5. The Bertz CT molecular complexity index is 1470. The molecule has 226 valence electrons. The normalized spacial score (nSPS) is 16.0. The van der Waals surface area contributed by atoms with Crippen molar-refractivity contribution in [2.24, 2.45) is 0 Å². The Morgan fingerprint density at radius 2 is 1.81 bits per heavy atom. The second-order valence-corrected chi connectivity index (χ2v) is 11.3. The second-order valence-electron chi connectivity index (χ2n) is 11.3. The molecule has 0 unspecified atom stereocenters. The van der Waals surface area contributed by atoms with Gasteiger partial charge in [-0.2, -0.15) is 8.78 Å². The molecule has 0 bridgehead atoms. The first-order valence-electron chi connectivity index (χ1n) is 14.0. The number of likely N-dealkylation sites (tertiary alicyclic amines) is 1. The van der Waals surface area contributed by atoms with E-state index < -0.39 is 18.3 Å². The zero-order chi connectivity index (χ0) is 29.9. The molecule has 42 heavy (non-hydrogen) atoms. The van der Waals surface area contributed by atoms with E-state index in [-0.39, 0.29) is 23.9 Å². The summed E-state index contributed by atoms with van der Waals surface area (Å²) in [4.78, 5) is 38.6. The molecule has 0 aromatic carbocycles. The summed E-state index contributed by atoms with van der Waals surface area (Å²) in [6, 6.07) is 6.11. The summed E-state index contributed by atoms with van der Waals surface area (Å²) in [6.45, 7) is 5.99. The number of ether oxygens (including phenoxy) is 4. The van der Waals surface area contributed by atoms with Gasteiger partial charge in [0.2, 0.25) is 0 Å². The van der Waals surface area contributed by atoms with Gasteiger partial charge in [-0.05, 0) is 39.7 Å². The van der Waals surface area contributed by atoms with E-state index in [1.54, 1.807) is 23.2 Å². The first kappa shape index (κ1) is 29.5. The Labute approximate surface area is 241 Å².